The molecule has 34 heavy (non-hydrogen) atoms. The second-order valence-electron chi connectivity index (χ2n) is 9.55. The van der Waals surface area contributed by atoms with Crippen molar-refractivity contribution in [2.75, 3.05) is 0 Å². The predicted molar refractivity (Wildman–Crippen MR) is 108 cm³/mol. The molecule has 0 saturated heterocycles. The van der Waals surface area contributed by atoms with Gasteiger partial charge in [-0.3, -0.25) is 0 Å². The van der Waals surface area contributed by atoms with Crippen LogP contribution in [0.2, 0.25) is 0 Å². The van der Waals surface area contributed by atoms with E-state index in [4.69, 9.17) is 9.05 Å². The fourth-order valence-electron chi connectivity index (χ4n) is 5.18. The molecule has 0 amide bonds. The standard InChI is InChI=1S/C22H20F9O2P/c1-17(2,3)34(15-11-7-5-9-13(15)18(4,32-34)20(23,24)25)16-12-8-6-10-14(16)19(33-34,21(26,27)28)22(29,30)31/h5-12H,1-4H3/t18-/m1/s1. The van der Waals surface area contributed by atoms with Crippen molar-refractivity contribution in [2.45, 2.75) is 62.6 Å². The van der Waals surface area contributed by atoms with Gasteiger partial charge < -0.3 is 0 Å². The van der Waals surface area contributed by atoms with Crippen LogP contribution in [-0.4, -0.2) is 23.7 Å². The van der Waals surface area contributed by atoms with E-state index < -0.39 is 63.7 Å². The van der Waals surface area contributed by atoms with Crippen LogP contribution in [0.4, 0.5) is 39.5 Å². The maximum absolute atomic E-state index is 14.5. The van der Waals surface area contributed by atoms with E-state index in [1.807, 2.05) is 0 Å². The van der Waals surface area contributed by atoms with E-state index >= 15 is 0 Å². The van der Waals surface area contributed by atoms with E-state index in [0.29, 0.717) is 13.0 Å². The Labute approximate surface area is 189 Å². The normalized spacial score (nSPS) is 26.6. The van der Waals surface area contributed by atoms with Gasteiger partial charge >= 0.3 is 188 Å². The van der Waals surface area contributed by atoms with Crippen LogP contribution in [0, 0.1) is 0 Å². The number of fused-ring (bicyclic) bond motifs is 4. The van der Waals surface area contributed by atoms with E-state index in [1.54, 1.807) is 0 Å². The number of halogens is 9. The summed E-state index contributed by atoms with van der Waals surface area (Å²) in [5.74, 6) is 0. The molecule has 0 aromatic heterocycles. The van der Waals surface area contributed by atoms with Gasteiger partial charge in [-0.05, 0) is 0 Å². The third-order valence-electron chi connectivity index (χ3n) is 6.80. The number of rotatable bonds is 0. The zero-order chi connectivity index (χ0) is 25.8. The molecule has 0 saturated carbocycles. The SMILES string of the molecule is CC(C)(C)P12(OC(C(F)(F)F)(C(F)(F)F)c3ccccc31)O[C@@](C)(C(F)(F)F)c1ccccc12. The van der Waals surface area contributed by atoms with Crippen molar-refractivity contribution in [2.24, 2.45) is 0 Å². The fourth-order valence-corrected chi connectivity index (χ4v) is 11.7. The Bertz CT molecular complexity index is 1150. The molecule has 2 aliphatic rings. The van der Waals surface area contributed by atoms with Gasteiger partial charge in [0, 0.05) is 0 Å². The van der Waals surface area contributed by atoms with Crippen molar-refractivity contribution in [3.63, 3.8) is 0 Å². The summed E-state index contributed by atoms with van der Waals surface area (Å²) in [6.07, 6.45) is -17.3. The first-order valence-electron chi connectivity index (χ1n) is 10.0. The summed E-state index contributed by atoms with van der Waals surface area (Å²) in [6.45, 7) is 4.32. The van der Waals surface area contributed by atoms with Crippen LogP contribution in [0.5, 0.6) is 0 Å². The molecule has 2 aliphatic heterocycles. The zero-order valence-electron chi connectivity index (χ0n) is 18.3. The van der Waals surface area contributed by atoms with Gasteiger partial charge in [0.1, 0.15) is 0 Å². The topological polar surface area (TPSA) is 18.5 Å². The van der Waals surface area contributed by atoms with Gasteiger partial charge in [0.2, 0.25) is 0 Å². The van der Waals surface area contributed by atoms with Gasteiger partial charge in [0.15, 0.2) is 0 Å². The van der Waals surface area contributed by atoms with E-state index in [-0.39, 0.29) is 0 Å². The molecule has 2 nitrogen and oxygen atoms in total. The van der Waals surface area contributed by atoms with Crippen LogP contribution in [-0.2, 0) is 20.2 Å². The van der Waals surface area contributed by atoms with E-state index in [1.165, 1.54) is 39.0 Å². The molecule has 1 spiro atoms. The van der Waals surface area contributed by atoms with Crippen LogP contribution < -0.4 is 10.6 Å². The van der Waals surface area contributed by atoms with Crippen molar-refractivity contribution in [3.05, 3.63) is 59.7 Å². The number of hydrogen-bond donors (Lipinski definition) is 0. The van der Waals surface area contributed by atoms with Crippen molar-refractivity contribution in [1.29, 1.82) is 0 Å². The van der Waals surface area contributed by atoms with Crippen LogP contribution in [0.15, 0.2) is 48.5 Å². The Balaban J connectivity index is 2.30. The summed E-state index contributed by atoms with van der Waals surface area (Å²) in [5, 5.41) is -2.88. The van der Waals surface area contributed by atoms with Crippen molar-refractivity contribution < 1.29 is 48.6 Å². The van der Waals surface area contributed by atoms with Gasteiger partial charge in [-0.1, -0.05) is 0 Å². The Morgan fingerprint density at radius 2 is 1.03 bits per heavy atom. The van der Waals surface area contributed by atoms with Gasteiger partial charge in [0.05, 0.1) is 0 Å². The molecular formula is C22H20F9O2P. The molecule has 0 unspecified atom stereocenters. The number of hydrogen-bond acceptors (Lipinski definition) is 2. The predicted octanol–water partition coefficient (Wildman–Crippen LogP) is 6.98. The Morgan fingerprint density at radius 1 is 0.618 bits per heavy atom. The Hall–Kier alpha value is -1.84. The fraction of sp³-hybridized carbons (Fsp3) is 0.455. The first kappa shape index (κ1) is 25.3. The van der Waals surface area contributed by atoms with Gasteiger partial charge in [-0.2, -0.15) is 0 Å². The Kier molecular flexibility index (Phi) is 4.81. The van der Waals surface area contributed by atoms with Crippen molar-refractivity contribution in [1.82, 2.24) is 0 Å². The zero-order valence-corrected chi connectivity index (χ0v) is 19.2. The summed E-state index contributed by atoms with van der Waals surface area (Å²) >= 11 is 0. The third-order valence-corrected chi connectivity index (χ3v) is 13.1. The molecule has 12 heteroatoms. The molecule has 2 aromatic rings. The average molecular weight is 518 g/mol. The summed E-state index contributed by atoms with van der Waals surface area (Å²) in [7, 11) is -5.85. The van der Waals surface area contributed by atoms with Gasteiger partial charge in [0.25, 0.3) is 0 Å². The van der Waals surface area contributed by atoms with E-state index in [9.17, 15) is 39.5 Å². The molecule has 1 atom stereocenters. The molecule has 2 aromatic carbocycles. The quantitative estimate of drug-likeness (QED) is 0.277. The van der Waals surface area contributed by atoms with Crippen LogP contribution >= 0.6 is 7.06 Å². The molecular weight excluding hydrogens is 498 g/mol. The van der Waals surface area contributed by atoms with E-state index in [0.717, 1.165) is 24.3 Å². The Morgan fingerprint density at radius 3 is 1.44 bits per heavy atom. The van der Waals surface area contributed by atoms with Crippen LogP contribution in [0.1, 0.15) is 38.8 Å². The molecule has 0 aliphatic carbocycles. The van der Waals surface area contributed by atoms with Crippen LogP contribution in [0.25, 0.3) is 0 Å². The van der Waals surface area contributed by atoms with E-state index in [2.05, 4.69) is 0 Å². The molecule has 4 rings (SSSR count). The molecule has 0 bridgehead atoms. The van der Waals surface area contributed by atoms with Crippen molar-refractivity contribution >= 4 is 17.7 Å². The third kappa shape index (κ3) is 2.51. The summed E-state index contributed by atoms with van der Waals surface area (Å²) < 4.78 is 141. The second kappa shape index (κ2) is 6.48. The molecule has 188 valence electrons. The first-order chi connectivity index (χ1) is 15.2. The summed E-state index contributed by atoms with van der Waals surface area (Å²) in [4.78, 5) is 0. The molecule has 0 radical (unpaired) electrons. The molecule has 0 fully saturated rings. The van der Waals surface area contributed by atoms with Gasteiger partial charge in [-0.25, -0.2) is 0 Å². The first-order valence-corrected chi connectivity index (χ1v) is 12.1. The average Bonchev–Trinajstić information content (AvgIpc) is 3.11. The maximum atomic E-state index is 14.5. The minimum absolute atomic E-state index is 0.441. The monoisotopic (exact) mass is 518 g/mol. The van der Waals surface area contributed by atoms with Gasteiger partial charge in [-0.15, -0.1) is 0 Å². The minimum atomic E-state index is -6.07. The summed E-state index contributed by atoms with van der Waals surface area (Å²) in [6, 6.07) is 8.22. The molecule has 0 N–H and O–H groups in total. The van der Waals surface area contributed by atoms with Crippen LogP contribution in [0.3, 0.4) is 0 Å². The number of alkyl halides is 9. The second-order valence-corrected chi connectivity index (χ2v) is 14.1. The molecule has 2 heterocycles. The number of benzene rings is 2. The summed E-state index contributed by atoms with van der Waals surface area (Å²) in [5.41, 5.74) is -10.0. The van der Waals surface area contributed by atoms with Crippen molar-refractivity contribution in [3.8, 4) is 0 Å².